The van der Waals surface area contributed by atoms with Crippen LogP contribution in [0.5, 0.6) is 0 Å². The highest BCUT2D eigenvalue weighted by atomic mass is 35.5. The van der Waals surface area contributed by atoms with E-state index in [9.17, 15) is 4.79 Å². The number of rotatable bonds is 5. The van der Waals surface area contributed by atoms with E-state index in [1.54, 1.807) is 6.20 Å². The van der Waals surface area contributed by atoms with Crippen molar-refractivity contribution in [1.29, 1.82) is 0 Å². The summed E-state index contributed by atoms with van der Waals surface area (Å²) in [6, 6.07) is 8.36. The van der Waals surface area contributed by atoms with Crippen molar-refractivity contribution in [2.75, 3.05) is 22.9 Å². The smallest absolute Gasteiger partial charge is 0.289 e. The molecule has 1 aliphatic heterocycles. The van der Waals surface area contributed by atoms with Gasteiger partial charge in [-0.2, -0.15) is 0 Å². The average Bonchev–Trinajstić information content (AvgIpc) is 3.25. The molecule has 3 aromatic rings. The Morgan fingerprint density at radius 3 is 2.73 bits per heavy atom. The molecule has 0 spiro atoms. The molecule has 0 saturated heterocycles. The lowest BCUT2D eigenvalue weighted by atomic mass is 9.91. The van der Waals surface area contributed by atoms with Gasteiger partial charge in [-0.1, -0.05) is 29.8 Å². The van der Waals surface area contributed by atoms with E-state index in [1.807, 2.05) is 12.1 Å². The van der Waals surface area contributed by atoms with E-state index >= 15 is 0 Å². The summed E-state index contributed by atoms with van der Waals surface area (Å²) in [7, 11) is 0. The minimum atomic E-state index is -0.293. The van der Waals surface area contributed by atoms with Gasteiger partial charge in [-0.3, -0.25) is 4.79 Å². The maximum atomic E-state index is 12.5. The maximum Gasteiger partial charge on any atom is 0.289 e. The van der Waals surface area contributed by atoms with Crippen LogP contribution in [0.25, 0.3) is 0 Å². The first-order valence-corrected chi connectivity index (χ1v) is 11.4. The zero-order chi connectivity index (χ0) is 22.8. The van der Waals surface area contributed by atoms with E-state index in [2.05, 4.69) is 43.0 Å². The molecule has 3 heterocycles. The Balaban J connectivity index is 1.25. The standard InChI is InChI=1S/C23H25ClN8O/c24-18-12-29-23(32-20(18)17-11-26-19-7-2-1-6-16(17)19)31-15-5-3-4-14(8-15)30-22(33)21-27-9-13(25)10-28-21/h1-2,6-7,9-10,12,14-15,17,26H,3-5,8,11,25H2,(H,30,33)(H,29,31,32). The summed E-state index contributed by atoms with van der Waals surface area (Å²) >= 11 is 6.49. The van der Waals surface area contributed by atoms with E-state index in [1.165, 1.54) is 18.0 Å². The van der Waals surface area contributed by atoms with Gasteiger partial charge in [0.25, 0.3) is 5.91 Å². The highest BCUT2D eigenvalue weighted by Crippen LogP contribution is 2.38. The fraction of sp³-hybridized carbons (Fsp3) is 0.348. The molecule has 1 saturated carbocycles. The lowest BCUT2D eigenvalue weighted by Crippen LogP contribution is -2.42. The number of para-hydroxylation sites is 1. The molecule has 1 aliphatic carbocycles. The topological polar surface area (TPSA) is 131 Å². The Morgan fingerprint density at radius 1 is 1.09 bits per heavy atom. The van der Waals surface area contributed by atoms with Gasteiger partial charge >= 0.3 is 0 Å². The predicted octanol–water partition coefficient (Wildman–Crippen LogP) is 3.21. The lowest BCUT2D eigenvalue weighted by molar-refractivity contribution is 0.0916. The number of nitrogens with zero attached hydrogens (tertiary/aromatic N) is 4. The third-order valence-corrected chi connectivity index (χ3v) is 6.44. The molecule has 3 atom stereocenters. The van der Waals surface area contributed by atoms with Crippen molar-refractivity contribution in [3.63, 3.8) is 0 Å². The van der Waals surface area contributed by atoms with Crippen molar-refractivity contribution in [2.45, 2.75) is 43.7 Å². The van der Waals surface area contributed by atoms with Crippen molar-refractivity contribution in [3.8, 4) is 0 Å². The molecule has 9 nitrogen and oxygen atoms in total. The minimum Gasteiger partial charge on any atom is -0.396 e. The van der Waals surface area contributed by atoms with Gasteiger partial charge in [-0.05, 0) is 37.3 Å². The maximum absolute atomic E-state index is 12.5. The van der Waals surface area contributed by atoms with E-state index in [0.717, 1.165) is 43.6 Å². The average molecular weight is 465 g/mol. The van der Waals surface area contributed by atoms with Crippen LogP contribution in [-0.2, 0) is 0 Å². The molecule has 1 amide bonds. The predicted molar refractivity (Wildman–Crippen MR) is 127 cm³/mol. The first-order chi connectivity index (χ1) is 16.1. The molecule has 0 bridgehead atoms. The van der Waals surface area contributed by atoms with Crippen LogP contribution in [0.2, 0.25) is 5.02 Å². The normalized spacial score (nSPS) is 21.7. The molecule has 0 radical (unpaired) electrons. The molecule has 3 unspecified atom stereocenters. The van der Waals surface area contributed by atoms with Crippen molar-refractivity contribution >= 4 is 34.8 Å². The van der Waals surface area contributed by atoms with Crippen LogP contribution in [0.3, 0.4) is 0 Å². The SMILES string of the molecule is Nc1cnc(C(=O)NC2CCCC(Nc3ncc(Cl)c(C4CNc5ccccc54)n3)C2)nc1. The van der Waals surface area contributed by atoms with E-state index in [4.69, 9.17) is 22.3 Å². The van der Waals surface area contributed by atoms with Crippen LogP contribution >= 0.6 is 11.6 Å². The first-order valence-electron chi connectivity index (χ1n) is 11.1. The third-order valence-electron chi connectivity index (χ3n) is 6.15. The van der Waals surface area contributed by atoms with Gasteiger partial charge in [-0.15, -0.1) is 0 Å². The van der Waals surface area contributed by atoms with E-state index in [-0.39, 0.29) is 29.7 Å². The number of anilines is 3. The quantitative estimate of drug-likeness (QED) is 0.452. The zero-order valence-electron chi connectivity index (χ0n) is 18.0. The van der Waals surface area contributed by atoms with Crippen molar-refractivity contribution in [1.82, 2.24) is 25.3 Å². The molecular weight excluding hydrogens is 440 g/mol. The minimum absolute atomic E-state index is 0.0163. The van der Waals surface area contributed by atoms with Crippen molar-refractivity contribution < 1.29 is 4.79 Å². The third kappa shape index (κ3) is 4.68. The largest absolute Gasteiger partial charge is 0.396 e. The van der Waals surface area contributed by atoms with Crippen LogP contribution in [0, 0.1) is 0 Å². The number of fused-ring (bicyclic) bond motifs is 1. The van der Waals surface area contributed by atoms with Crippen LogP contribution < -0.4 is 21.7 Å². The van der Waals surface area contributed by atoms with Gasteiger partial charge in [-0.25, -0.2) is 19.9 Å². The van der Waals surface area contributed by atoms with Gasteiger partial charge in [0.2, 0.25) is 11.8 Å². The Hall–Kier alpha value is -3.46. The van der Waals surface area contributed by atoms with Gasteiger partial charge in [0, 0.05) is 30.2 Å². The number of aromatic nitrogens is 4. The summed E-state index contributed by atoms with van der Waals surface area (Å²) in [5.41, 5.74) is 9.14. The van der Waals surface area contributed by atoms with E-state index in [0.29, 0.717) is 16.7 Å². The number of nitrogens with two attached hydrogens (primary N) is 1. The van der Waals surface area contributed by atoms with Gasteiger partial charge < -0.3 is 21.7 Å². The fourth-order valence-corrected chi connectivity index (χ4v) is 4.78. The fourth-order valence-electron chi connectivity index (χ4n) is 4.56. The number of nitrogen functional groups attached to an aromatic ring is 1. The number of nitrogens with one attached hydrogen (secondary N) is 3. The summed E-state index contributed by atoms with van der Waals surface area (Å²) in [6.07, 6.45) is 8.13. The number of carbonyl (C=O) groups is 1. The Morgan fingerprint density at radius 2 is 1.88 bits per heavy atom. The van der Waals surface area contributed by atoms with Crippen LogP contribution in [-0.4, -0.2) is 44.5 Å². The Labute approximate surface area is 196 Å². The summed E-state index contributed by atoms with van der Waals surface area (Å²) in [4.78, 5) is 29.7. The molecule has 1 aromatic carbocycles. The zero-order valence-corrected chi connectivity index (χ0v) is 18.7. The summed E-state index contributed by atoms with van der Waals surface area (Å²) in [5, 5.41) is 10.5. The van der Waals surface area contributed by atoms with Crippen LogP contribution in [0.4, 0.5) is 17.3 Å². The second-order valence-corrected chi connectivity index (χ2v) is 8.87. The molecule has 170 valence electrons. The second kappa shape index (κ2) is 9.19. The highest BCUT2D eigenvalue weighted by Gasteiger charge is 2.28. The van der Waals surface area contributed by atoms with Crippen LogP contribution in [0.1, 0.15) is 53.5 Å². The monoisotopic (exact) mass is 464 g/mol. The molecular formula is C23H25ClN8O. The number of benzene rings is 1. The molecule has 10 heteroatoms. The molecule has 2 aliphatic rings. The number of hydrogen-bond donors (Lipinski definition) is 4. The molecule has 1 fully saturated rings. The van der Waals surface area contributed by atoms with Gasteiger partial charge in [0.1, 0.15) is 0 Å². The first kappa shape index (κ1) is 21.4. The Kier molecular flexibility index (Phi) is 5.95. The molecule has 5 N–H and O–H groups in total. The second-order valence-electron chi connectivity index (χ2n) is 8.47. The van der Waals surface area contributed by atoms with Gasteiger partial charge in [0.05, 0.1) is 35.0 Å². The molecule has 5 rings (SSSR count). The molecule has 2 aromatic heterocycles. The van der Waals surface area contributed by atoms with Crippen LogP contribution in [0.15, 0.2) is 42.9 Å². The summed E-state index contributed by atoms with van der Waals surface area (Å²) < 4.78 is 0. The summed E-state index contributed by atoms with van der Waals surface area (Å²) in [6.45, 7) is 0.750. The number of hydrogen-bond acceptors (Lipinski definition) is 8. The molecule has 33 heavy (non-hydrogen) atoms. The van der Waals surface area contributed by atoms with Gasteiger partial charge in [0.15, 0.2) is 0 Å². The number of amides is 1. The van der Waals surface area contributed by atoms with E-state index < -0.39 is 0 Å². The van der Waals surface area contributed by atoms with Crippen molar-refractivity contribution in [2.24, 2.45) is 0 Å². The summed E-state index contributed by atoms with van der Waals surface area (Å²) in [5.74, 6) is 0.460. The highest BCUT2D eigenvalue weighted by molar-refractivity contribution is 6.31. The van der Waals surface area contributed by atoms with Crippen molar-refractivity contribution in [3.05, 3.63) is 65.0 Å². The lowest BCUT2D eigenvalue weighted by Gasteiger charge is -2.30. The number of halogens is 1. The Bertz CT molecular complexity index is 1160. The number of carbonyl (C=O) groups excluding carboxylic acids is 1.